The van der Waals surface area contributed by atoms with Gasteiger partial charge in [0.05, 0.1) is 0 Å². The first-order chi connectivity index (χ1) is 9.99. The summed E-state index contributed by atoms with van der Waals surface area (Å²) in [5.41, 5.74) is 4.07. The second-order valence-electron chi connectivity index (χ2n) is 5.32. The number of rotatable bonds is 5. The van der Waals surface area contributed by atoms with Gasteiger partial charge >= 0.3 is 5.97 Å². The first kappa shape index (κ1) is 15.1. The predicted molar refractivity (Wildman–Crippen MR) is 83.0 cm³/mol. The van der Waals surface area contributed by atoms with E-state index in [9.17, 15) is 9.90 Å². The van der Waals surface area contributed by atoms with E-state index in [0.717, 1.165) is 28.0 Å². The molecule has 0 fully saturated rings. The lowest BCUT2D eigenvalue weighted by Crippen LogP contribution is -2.19. The Morgan fingerprint density at radius 1 is 1.14 bits per heavy atom. The number of hydrogen-bond donors (Lipinski definition) is 1. The molecule has 0 aliphatic carbocycles. The maximum Gasteiger partial charge on any atom is 0.314 e. The van der Waals surface area contributed by atoms with Crippen LogP contribution in [0, 0.1) is 20.8 Å². The zero-order valence-corrected chi connectivity index (χ0v) is 12.6. The molecular formula is C18H20O3. The van der Waals surface area contributed by atoms with Crippen LogP contribution in [0.15, 0.2) is 42.5 Å². The molecule has 0 bridgehead atoms. The van der Waals surface area contributed by atoms with Gasteiger partial charge in [-0.05, 0) is 49.1 Å². The van der Waals surface area contributed by atoms with Gasteiger partial charge in [-0.15, -0.1) is 0 Å². The van der Waals surface area contributed by atoms with Crippen molar-refractivity contribution in [3.63, 3.8) is 0 Å². The maximum atomic E-state index is 11.5. The highest BCUT2D eigenvalue weighted by Crippen LogP contribution is 2.25. The zero-order chi connectivity index (χ0) is 15.4. The standard InChI is InChI=1S/C18H20O3/c1-12-9-13(2)14(3)17(10-12)21-11-16(18(19)20)15-7-5-4-6-8-15/h4-10,16H,11H2,1-3H3,(H,19,20). The molecule has 0 heterocycles. The van der Waals surface area contributed by atoms with Gasteiger partial charge in [0.1, 0.15) is 18.3 Å². The summed E-state index contributed by atoms with van der Waals surface area (Å²) in [4.78, 5) is 11.5. The smallest absolute Gasteiger partial charge is 0.314 e. The van der Waals surface area contributed by atoms with Gasteiger partial charge in [0.15, 0.2) is 0 Å². The molecule has 0 radical (unpaired) electrons. The van der Waals surface area contributed by atoms with E-state index in [4.69, 9.17) is 4.74 Å². The van der Waals surface area contributed by atoms with E-state index >= 15 is 0 Å². The van der Waals surface area contributed by atoms with Crippen LogP contribution in [-0.2, 0) is 4.79 Å². The van der Waals surface area contributed by atoms with Crippen LogP contribution in [0.3, 0.4) is 0 Å². The normalized spacial score (nSPS) is 12.0. The molecule has 0 aliphatic rings. The Morgan fingerprint density at radius 3 is 2.43 bits per heavy atom. The van der Waals surface area contributed by atoms with E-state index in [2.05, 4.69) is 6.07 Å². The van der Waals surface area contributed by atoms with Crippen LogP contribution in [0.1, 0.15) is 28.2 Å². The van der Waals surface area contributed by atoms with Crippen molar-refractivity contribution in [2.24, 2.45) is 0 Å². The Balaban J connectivity index is 2.19. The molecule has 0 spiro atoms. The van der Waals surface area contributed by atoms with E-state index in [-0.39, 0.29) is 6.61 Å². The average Bonchev–Trinajstić information content (AvgIpc) is 2.45. The quantitative estimate of drug-likeness (QED) is 0.907. The highest BCUT2D eigenvalue weighted by molar-refractivity contribution is 5.76. The summed E-state index contributed by atoms with van der Waals surface area (Å²) in [5.74, 6) is -0.774. The Bertz CT molecular complexity index is 632. The molecule has 3 heteroatoms. The first-order valence-electron chi connectivity index (χ1n) is 6.97. The largest absolute Gasteiger partial charge is 0.492 e. The van der Waals surface area contributed by atoms with E-state index < -0.39 is 11.9 Å². The Labute approximate surface area is 125 Å². The van der Waals surface area contributed by atoms with Gasteiger partial charge in [-0.3, -0.25) is 4.79 Å². The Morgan fingerprint density at radius 2 is 1.81 bits per heavy atom. The van der Waals surface area contributed by atoms with Crippen molar-refractivity contribution in [1.29, 1.82) is 0 Å². The number of carboxylic acid groups (broad SMARTS) is 1. The molecule has 1 unspecified atom stereocenters. The molecule has 2 rings (SSSR count). The van der Waals surface area contributed by atoms with Crippen molar-refractivity contribution < 1.29 is 14.6 Å². The minimum absolute atomic E-state index is 0.128. The van der Waals surface area contributed by atoms with E-state index in [1.54, 1.807) is 0 Å². The summed E-state index contributed by atoms with van der Waals surface area (Å²) >= 11 is 0. The minimum atomic E-state index is -0.872. The number of ether oxygens (including phenoxy) is 1. The minimum Gasteiger partial charge on any atom is -0.492 e. The number of aryl methyl sites for hydroxylation is 2. The van der Waals surface area contributed by atoms with E-state index in [1.165, 1.54) is 0 Å². The lowest BCUT2D eigenvalue weighted by molar-refractivity contribution is -0.139. The van der Waals surface area contributed by atoms with Crippen LogP contribution in [0.4, 0.5) is 0 Å². The average molecular weight is 284 g/mol. The molecular weight excluding hydrogens is 264 g/mol. The monoisotopic (exact) mass is 284 g/mol. The number of aliphatic carboxylic acids is 1. The molecule has 0 saturated heterocycles. The fraction of sp³-hybridized carbons (Fsp3) is 0.278. The van der Waals surface area contributed by atoms with Crippen LogP contribution in [0.5, 0.6) is 5.75 Å². The molecule has 2 aromatic rings. The van der Waals surface area contributed by atoms with Crippen LogP contribution in [0.25, 0.3) is 0 Å². The summed E-state index contributed by atoms with van der Waals surface area (Å²) < 4.78 is 5.80. The van der Waals surface area contributed by atoms with Gasteiger partial charge in [-0.1, -0.05) is 36.4 Å². The van der Waals surface area contributed by atoms with Crippen molar-refractivity contribution in [3.05, 3.63) is 64.7 Å². The third-order valence-corrected chi connectivity index (χ3v) is 3.67. The highest BCUT2D eigenvalue weighted by atomic mass is 16.5. The third-order valence-electron chi connectivity index (χ3n) is 3.67. The second-order valence-corrected chi connectivity index (χ2v) is 5.32. The molecule has 0 aliphatic heterocycles. The van der Waals surface area contributed by atoms with Crippen molar-refractivity contribution in [2.75, 3.05) is 6.61 Å². The van der Waals surface area contributed by atoms with E-state index in [1.807, 2.05) is 57.2 Å². The topological polar surface area (TPSA) is 46.5 Å². The molecule has 0 saturated carbocycles. The summed E-state index contributed by atoms with van der Waals surface area (Å²) in [6, 6.07) is 13.2. The number of carbonyl (C=O) groups is 1. The van der Waals surface area contributed by atoms with Crippen molar-refractivity contribution >= 4 is 5.97 Å². The summed E-state index contributed by atoms with van der Waals surface area (Å²) in [6.07, 6.45) is 0. The van der Waals surface area contributed by atoms with Crippen LogP contribution >= 0.6 is 0 Å². The zero-order valence-electron chi connectivity index (χ0n) is 12.6. The van der Waals surface area contributed by atoms with Gasteiger partial charge in [0.25, 0.3) is 0 Å². The first-order valence-corrected chi connectivity index (χ1v) is 6.97. The molecule has 21 heavy (non-hydrogen) atoms. The SMILES string of the molecule is Cc1cc(C)c(C)c(OCC(C(=O)O)c2ccccc2)c1. The summed E-state index contributed by atoms with van der Waals surface area (Å²) in [7, 11) is 0. The van der Waals surface area contributed by atoms with Crippen LogP contribution < -0.4 is 4.74 Å². The highest BCUT2D eigenvalue weighted by Gasteiger charge is 2.21. The lowest BCUT2D eigenvalue weighted by Gasteiger charge is -2.17. The predicted octanol–water partition coefficient (Wildman–Crippen LogP) is 3.86. The molecule has 2 aromatic carbocycles. The second kappa shape index (κ2) is 6.44. The van der Waals surface area contributed by atoms with E-state index in [0.29, 0.717) is 0 Å². The summed E-state index contributed by atoms with van der Waals surface area (Å²) in [6.45, 7) is 6.15. The van der Waals surface area contributed by atoms with Gasteiger partial charge in [-0.2, -0.15) is 0 Å². The van der Waals surface area contributed by atoms with Gasteiger partial charge in [-0.25, -0.2) is 0 Å². The summed E-state index contributed by atoms with van der Waals surface area (Å²) in [5, 5.41) is 9.40. The third kappa shape index (κ3) is 3.63. The molecule has 0 aromatic heterocycles. The van der Waals surface area contributed by atoms with Crippen molar-refractivity contribution in [2.45, 2.75) is 26.7 Å². The molecule has 1 atom stereocenters. The van der Waals surface area contributed by atoms with Gasteiger partial charge < -0.3 is 9.84 Å². The molecule has 3 nitrogen and oxygen atoms in total. The molecule has 110 valence electrons. The number of benzene rings is 2. The maximum absolute atomic E-state index is 11.5. The fourth-order valence-corrected chi connectivity index (χ4v) is 2.32. The van der Waals surface area contributed by atoms with Crippen LogP contribution in [0.2, 0.25) is 0 Å². The Kier molecular flexibility index (Phi) is 4.63. The van der Waals surface area contributed by atoms with Crippen molar-refractivity contribution in [1.82, 2.24) is 0 Å². The number of carboxylic acids is 1. The van der Waals surface area contributed by atoms with Gasteiger partial charge in [0.2, 0.25) is 0 Å². The Hall–Kier alpha value is -2.29. The van der Waals surface area contributed by atoms with Crippen molar-refractivity contribution in [3.8, 4) is 5.75 Å². The lowest BCUT2D eigenvalue weighted by atomic mass is 10.0. The van der Waals surface area contributed by atoms with Crippen LogP contribution in [-0.4, -0.2) is 17.7 Å². The molecule has 1 N–H and O–H groups in total. The molecule has 0 amide bonds. The fourth-order valence-electron chi connectivity index (χ4n) is 2.32. The van der Waals surface area contributed by atoms with Gasteiger partial charge in [0, 0.05) is 0 Å². The number of hydrogen-bond acceptors (Lipinski definition) is 2.